The van der Waals surface area contributed by atoms with Gasteiger partial charge in [-0.15, -0.1) is 11.3 Å². The number of alkyl halides is 1. The van der Waals surface area contributed by atoms with Crippen LogP contribution in [0.25, 0.3) is 6.08 Å². The summed E-state index contributed by atoms with van der Waals surface area (Å²) in [4.78, 5) is 1.03. The number of aliphatic hydroxyl groups is 1. The first-order valence-corrected chi connectivity index (χ1v) is 5.28. The Bertz CT molecular complexity index is 242. The first-order valence-electron chi connectivity index (χ1n) is 3.28. The third-order valence-electron chi connectivity index (χ3n) is 1.31. The molecule has 0 spiro atoms. The molecule has 60 valence electrons. The summed E-state index contributed by atoms with van der Waals surface area (Å²) >= 11 is 4.88. The van der Waals surface area contributed by atoms with Crippen molar-refractivity contribution in [2.75, 3.05) is 5.33 Å². The van der Waals surface area contributed by atoms with Gasteiger partial charge in [-0.2, -0.15) is 0 Å². The Morgan fingerprint density at radius 3 is 3.09 bits per heavy atom. The number of rotatable bonds is 3. The van der Waals surface area contributed by atoms with E-state index < -0.39 is 0 Å². The fraction of sp³-hybridized carbons (Fsp3) is 0.250. The van der Waals surface area contributed by atoms with E-state index in [-0.39, 0.29) is 6.61 Å². The number of halogens is 1. The topological polar surface area (TPSA) is 20.2 Å². The molecule has 11 heavy (non-hydrogen) atoms. The fourth-order valence-corrected chi connectivity index (χ4v) is 1.71. The highest BCUT2D eigenvalue weighted by atomic mass is 79.9. The molecular weight excluding hydrogens is 224 g/mol. The van der Waals surface area contributed by atoms with Crippen LogP contribution in [0.5, 0.6) is 0 Å². The number of aliphatic hydroxyl groups excluding tert-OH is 1. The van der Waals surface area contributed by atoms with E-state index in [4.69, 9.17) is 5.11 Å². The van der Waals surface area contributed by atoms with Crippen LogP contribution in [0.2, 0.25) is 0 Å². The van der Waals surface area contributed by atoms with Gasteiger partial charge in [0.2, 0.25) is 0 Å². The summed E-state index contributed by atoms with van der Waals surface area (Å²) in [6.45, 7) is 0.139. The molecule has 0 radical (unpaired) electrons. The molecule has 0 unspecified atom stereocenters. The van der Waals surface area contributed by atoms with E-state index in [1.807, 2.05) is 23.6 Å². The van der Waals surface area contributed by atoms with Crippen LogP contribution in [0.4, 0.5) is 0 Å². The molecule has 0 atom stereocenters. The van der Waals surface area contributed by atoms with Gasteiger partial charge in [0.25, 0.3) is 0 Å². The van der Waals surface area contributed by atoms with Gasteiger partial charge in [0.05, 0.1) is 6.61 Å². The molecule has 1 rings (SSSR count). The molecule has 1 aromatic heterocycles. The quantitative estimate of drug-likeness (QED) is 0.795. The van der Waals surface area contributed by atoms with Crippen molar-refractivity contribution in [1.29, 1.82) is 0 Å². The standard InChI is InChI=1S/C8H9BrOS/c9-4-1-2-7-3-5-11-8(7)6-10/h1-3,5,10H,4,6H2. The Kier molecular flexibility index (Phi) is 3.83. The zero-order valence-corrected chi connectivity index (χ0v) is 8.36. The summed E-state index contributed by atoms with van der Waals surface area (Å²) in [5, 5.41) is 11.7. The molecule has 1 aromatic rings. The summed E-state index contributed by atoms with van der Waals surface area (Å²) in [6, 6.07) is 2.01. The minimum absolute atomic E-state index is 0.139. The second-order valence-electron chi connectivity index (χ2n) is 2.01. The van der Waals surface area contributed by atoms with E-state index in [0.717, 1.165) is 15.8 Å². The van der Waals surface area contributed by atoms with Crippen LogP contribution in [-0.4, -0.2) is 10.4 Å². The van der Waals surface area contributed by atoms with E-state index in [0.29, 0.717) is 0 Å². The van der Waals surface area contributed by atoms with Crippen LogP contribution in [-0.2, 0) is 6.61 Å². The van der Waals surface area contributed by atoms with E-state index in [2.05, 4.69) is 15.9 Å². The van der Waals surface area contributed by atoms with Crippen molar-refractivity contribution in [3.63, 3.8) is 0 Å². The molecule has 0 saturated carbocycles. The van der Waals surface area contributed by atoms with E-state index in [1.165, 1.54) is 0 Å². The number of thiophene rings is 1. The molecule has 3 heteroatoms. The van der Waals surface area contributed by atoms with Crippen LogP contribution >= 0.6 is 27.3 Å². The monoisotopic (exact) mass is 232 g/mol. The number of hydrogen-bond acceptors (Lipinski definition) is 2. The lowest BCUT2D eigenvalue weighted by molar-refractivity contribution is 0.285. The maximum Gasteiger partial charge on any atom is 0.0780 e. The predicted molar refractivity (Wildman–Crippen MR) is 53.1 cm³/mol. The summed E-state index contributed by atoms with van der Waals surface area (Å²) in [5.74, 6) is 0. The van der Waals surface area contributed by atoms with Gasteiger partial charge < -0.3 is 5.11 Å². The summed E-state index contributed by atoms with van der Waals surface area (Å²) in [6.07, 6.45) is 4.03. The van der Waals surface area contributed by atoms with Gasteiger partial charge in [0.15, 0.2) is 0 Å². The molecule has 1 heterocycles. The van der Waals surface area contributed by atoms with E-state index >= 15 is 0 Å². The van der Waals surface area contributed by atoms with Gasteiger partial charge in [-0.1, -0.05) is 28.1 Å². The molecule has 0 aliphatic heterocycles. The van der Waals surface area contributed by atoms with Crippen molar-refractivity contribution in [2.45, 2.75) is 6.61 Å². The summed E-state index contributed by atoms with van der Waals surface area (Å²) in [5.41, 5.74) is 1.12. The Hall–Kier alpha value is -0.120. The van der Waals surface area contributed by atoms with Crippen molar-refractivity contribution in [3.8, 4) is 0 Å². The van der Waals surface area contributed by atoms with Crippen molar-refractivity contribution in [2.24, 2.45) is 0 Å². The average Bonchev–Trinajstić information content (AvgIpc) is 2.47. The van der Waals surface area contributed by atoms with Gasteiger partial charge in [0, 0.05) is 10.2 Å². The third-order valence-corrected chi connectivity index (χ3v) is 2.61. The molecule has 0 bridgehead atoms. The molecule has 0 aliphatic rings. The summed E-state index contributed by atoms with van der Waals surface area (Å²) in [7, 11) is 0. The van der Waals surface area contributed by atoms with Gasteiger partial charge in [-0.3, -0.25) is 0 Å². The van der Waals surface area contributed by atoms with Crippen LogP contribution in [0.15, 0.2) is 17.5 Å². The van der Waals surface area contributed by atoms with Gasteiger partial charge in [-0.05, 0) is 17.0 Å². The number of hydrogen-bond donors (Lipinski definition) is 1. The molecule has 0 aromatic carbocycles. The van der Waals surface area contributed by atoms with Crippen LogP contribution in [0, 0.1) is 0 Å². The molecule has 0 aliphatic carbocycles. The SMILES string of the molecule is OCc1sccc1C=CCBr. The minimum Gasteiger partial charge on any atom is -0.391 e. The molecular formula is C8H9BrOS. The van der Waals surface area contributed by atoms with Crippen LogP contribution in [0.1, 0.15) is 10.4 Å². The Balaban J connectivity index is 2.76. The number of allylic oxidation sites excluding steroid dienone is 1. The van der Waals surface area contributed by atoms with Gasteiger partial charge in [-0.25, -0.2) is 0 Å². The normalized spacial score (nSPS) is 11.1. The van der Waals surface area contributed by atoms with Crippen molar-refractivity contribution in [1.82, 2.24) is 0 Å². The lowest BCUT2D eigenvalue weighted by atomic mass is 10.2. The lowest BCUT2D eigenvalue weighted by Crippen LogP contribution is -1.78. The molecule has 1 N–H and O–H groups in total. The molecule has 1 nitrogen and oxygen atoms in total. The van der Waals surface area contributed by atoms with Gasteiger partial charge in [0.1, 0.15) is 0 Å². The van der Waals surface area contributed by atoms with Crippen LogP contribution < -0.4 is 0 Å². The zero-order valence-electron chi connectivity index (χ0n) is 5.96. The highest BCUT2D eigenvalue weighted by molar-refractivity contribution is 9.09. The Labute approximate surface area is 78.5 Å². The first-order chi connectivity index (χ1) is 5.38. The maximum absolute atomic E-state index is 8.87. The molecule has 0 fully saturated rings. The summed E-state index contributed by atoms with van der Waals surface area (Å²) < 4.78 is 0. The smallest absolute Gasteiger partial charge is 0.0780 e. The predicted octanol–water partition coefficient (Wildman–Crippen LogP) is 2.65. The van der Waals surface area contributed by atoms with Crippen molar-refractivity contribution in [3.05, 3.63) is 28.0 Å². The van der Waals surface area contributed by atoms with Crippen LogP contribution in [0.3, 0.4) is 0 Å². The minimum atomic E-state index is 0.139. The first kappa shape index (κ1) is 8.97. The van der Waals surface area contributed by atoms with E-state index in [9.17, 15) is 0 Å². The van der Waals surface area contributed by atoms with Crippen molar-refractivity contribution < 1.29 is 5.11 Å². The van der Waals surface area contributed by atoms with Gasteiger partial charge >= 0.3 is 0 Å². The third kappa shape index (κ3) is 2.43. The molecule has 0 amide bonds. The zero-order chi connectivity index (χ0) is 8.10. The second kappa shape index (κ2) is 4.70. The largest absolute Gasteiger partial charge is 0.391 e. The van der Waals surface area contributed by atoms with E-state index in [1.54, 1.807) is 11.3 Å². The lowest BCUT2D eigenvalue weighted by Gasteiger charge is -1.91. The average molecular weight is 233 g/mol. The van der Waals surface area contributed by atoms with Crippen molar-refractivity contribution >= 4 is 33.3 Å². The highest BCUT2D eigenvalue weighted by Crippen LogP contribution is 2.17. The highest BCUT2D eigenvalue weighted by Gasteiger charge is 1.97. The Morgan fingerprint density at radius 2 is 2.45 bits per heavy atom. The maximum atomic E-state index is 8.87. The fourth-order valence-electron chi connectivity index (χ4n) is 0.799. The second-order valence-corrected chi connectivity index (χ2v) is 3.66. The Morgan fingerprint density at radius 1 is 1.64 bits per heavy atom. The molecule has 0 saturated heterocycles.